The van der Waals surface area contributed by atoms with Crippen molar-refractivity contribution in [2.45, 2.75) is 0 Å². The topological polar surface area (TPSA) is 46.2 Å². The van der Waals surface area contributed by atoms with Crippen LogP contribution in [0.1, 0.15) is 16.7 Å². The molecule has 1 aliphatic heterocycles. The molecule has 1 N–H and O–H groups in total. The van der Waals surface area contributed by atoms with Crippen LogP contribution in [0.3, 0.4) is 0 Å². The monoisotopic (exact) mass is 275 g/mol. The zero-order chi connectivity index (χ0) is 14.7. The van der Waals surface area contributed by atoms with E-state index in [1.165, 1.54) is 6.08 Å². The summed E-state index contributed by atoms with van der Waals surface area (Å²) in [6.45, 7) is 0. The van der Waals surface area contributed by atoms with Crippen LogP contribution in [0.15, 0.2) is 60.7 Å². The Morgan fingerprint density at radius 2 is 1.52 bits per heavy atom. The van der Waals surface area contributed by atoms with E-state index in [1.807, 2.05) is 66.7 Å². The lowest BCUT2D eigenvalue weighted by Gasteiger charge is -2.05. The summed E-state index contributed by atoms with van der Waals surface area (Å²) in [6.07, 6.45) is 5.27. The molecule has 0 radical (unpaired) electrons. The van der Waals surface area contributed by atoms with E-state index in [1.54, 1.807) is 0 Å². The van der Waals surface area contributed by atoms with Gasteiger partial charge >= 0.3 is 0 Å². The van der Waals surface area contributed by atoms with Gasteiger partial charge in [0.15, 0.2) is 0 Å². The van der Waals surface area contributed by atoms with Crippen molar-refractivity contribution in [3.63, 3.8) is 0 Å². The highest BCUT2D eigenvalue weighted by atomic mass is 16.2. The summed E-state index contributed by atoms with van der Waals surface area (Å²) >= 11 is 0. The quantitative estimate of drug-likeness (QED) is 0.691. The minimum atomic E-state index is -0.364. The first-order valence-corrected chi connectivity index (χ1v) is 6.63. The molecular formula is C18H13NO2. The maximum absolute atomic E-state index is 11.8. The number of benzene rings is 2. The largest absolute Gasteiger partial charge is 0.289 e. The molecule has 0 fully saturated rings. The van der Waals surface area contributed by atoms with Gasteiger partial charge in [0.2, 0.25) is 0 Å². The molecule has 0 unspecified atom stereocenters. The Morgan fingerprint density at radius 1 is 0.810 bits per heavy atom. The van der Waals surface area contributed by atoms with Gasteiger partial charge in [0.1, 0.15) is 0 Å². The normalized spacial score (nSPS) is 14.4. The van der Waals surface area contributed by atoms with Gasteiger partial charge in [-0.25, -0.2) is 0 Å². The molecular weight excluding hydrogens is 262 g/mol. The van der Waals surface area contributed by atoms with Crippen LogP contribution in [-0.2, 0) is 9.59 Å². The number of nitrogens with one attached hydrogen (secondary N) is 1. The van der Waals surface area contributed by atoms with Gasteiger partial charge in [-0.1, -0.05) is 66.7 Å². The van der Waals surface area contributed by atoms with Gasteiger partial charge in [-0.15, -0.1) is 0 Å². The summed E-state index contributed by atoms with van der Waals surface area (Å²) in [5.41, 5.74) is 3.15. The maximum atomic E-state index is 11.8. The molecule has 3 rings (SSSR count). The number of carbonyl (C=O) groups excluding carboxylic acids is 2. The highest BCUT2D eigenvalue weighted by Crippen LogP contribution is 2.23. The van der Waals surface area contributed by atoms with Crippen molar-refractivity contribution in [2.24, 2.45) is 0 Å². The van der Waals surface area contributed by atoms with Crippen LogP contribution in [0.25, 0.3) is 17.7 Å². The van der Waals surface area contributed by atoms with E-state index in [0.717, 1.165) is 16.7 Å². The molecule has 2 aromatic rings. The van der Waals surface area contributed by atoms with Gasteiger partial charge in [0.25, 0.3) is 11.8 Å². The lowest BCUT2D eigenvalue weighted by molar-refractivity contribution is -0.123. The van der Waals surface area contributed by atoms with Crippen molar-refractivity contribution in [1.82, 2.24) is 5.32 Å². The molecule has 1 aliphatic rings. The summed E-state index contributed by atoms with van der Waals surface area (Å²) in [5.74, 6) is -0.711. The maximum Gasteiger partial charge on any atom is 0.258 e. The smallest absolute Gasteiger partial charge is 0.258 e. The summed E-state index contributed by atoms with van der Waals surface area (Å²) < 4.78 is 0. The second-order valence-corrected chi connectivity index (χ2v) is 4.71. The molecule has 3 nitrogen and oxygen atoms in total. The van der Waals surface area contributed by atoms with Gasteiger partial charge in [-0.05, 0) is 16.7 Å². The molecule has 0 atom stereocenters. The highest BCUT2D eigenvalue weighted by molar-refractivity contribution is 6.34. The van der Waals surface area contributed by atoms with Crippen molar-refractivity contribution in [3.05, 3.63) is 77.4 Å². The van der Waals surface area contributed by atoms with Crippen molar-refractivity contribution >= 4 is 29.5 Å². The van der Waals surface area contributed by atoms with Gasteiger partial charge < -0.3 is 0 Å². The fourth-order valence-corrected chi connectivity index (χ4v) is 2.25. The average Bonchev–Trinajstić information content (AvgIpc) is 2.85. The molecule has 0 spiro atoms. The average molecular weight is 275 g/mol. The third-order valence-electron chi connectivity index (χ3n) is 3.26. The van der Waals surface area contributed by atoms with E-state index in [9.17, 15) is 9.59 Å². The number of rotatable bonds is 3. The molecule has 0 bridgehead atoms. The Balaban J connectivity index is 1.98. The lowest BCUT2D eigenvalue weighted by Crippen LogP contribution is -2.21. The van der Waals surface area contributed by atoms with Crippen molar-refractivity contribution in [1.29, 1.82) is 0 Å². The Bertz CT molecular complexity index is 758. The fraction of sp³-hybridized carbons (Fsp3) is 0. The second kappa shape index (κ2) is 5.59. The number of amides is 2. The van der Waals surface area contributed by atoms with Crippen LogP contribution in [-0.4, -0.2) is 11.8 Å². The molecule has 0 aliphatic carbocycles. The van der Waals surface area contributed by atoms with Crippen LogP contribution in [0.5, 0.6) is 0 Å². The molecule has 1 heterocycles. The molecule has 3 heteroatoms. The number of hydrogen-bond acceptors (Lipinski definition) is 2. The summed E-state index contributed by atoms with van der Waals surface area (Å²) in [6, 6.07) is 17.4. The van der Waals surface area contributed by atoms with Crippen LogP contribution >= 0.6 is 0 Å². The molecule has 0 saturated carbocycles. The van der Waals surface area contributed by atoms with Crippen LogP contribution in [0.4, 0.5) is 0 Å². The molecule has 2 amide bonds. The molecule has 0 saturated heterocycles. The third-order valence-corrected chi connectivity index (χ3v) is 3.26. The van der Waals surface area contributed by atoms with Gasteiger partial charge in [-0.2, -0.15) is 0 Å². The molecule has 21 heavy (non-hydrogen) atoms. The van der Waals surface area contributed by atoms with E-state index >= 15 is 0 Å². The van der Waals surface area contributed by atoms with Gasteiger partial charge in [0, 0.05) is 6.08 Å². The van der Waals surface area contributed by atoms with Crippen molar-refractivity contribution < 1.29 is 9.59 Å². The summed E-state index contributed by atoms with van der Waals surface area (Å²) in [7, 11) is 0. The first kappa shape index (κ1) is 13.1. The zero-order valence-corrected chi connectivity index (χ0v) is 11.2. The van der Waals surface area contributed by atoms with E-state index in [0.29, 0.717) is 5.57 Å². The van der Waals surface area contributed by atoms with E-state index in [-0.39, 0.29) is 11.8 Å². The summed E-state index contributed by atoms with van der Waals surface area (Å²) in [5, 5.41) is 2.27. The van der Waals surface area contributed by atoms with E-state index in [4.69, 9.17) is 0 Å². The number of hydrogen-bond donors (Lipinski definition) is 1. The lowest BCUT2D eigenvalue weighted by atomic mass is 9.99. The Morgan fingerprint density at radius 3 is 2.24 bits per heavy atom. The van der Waals surface area contributed by atoms with Crippen LogP contribution in [0, 0.1) is 0 Å². The van der Waals surface area contributed by atoms with Crippen LogP contribution in [0.2, 0.25) is 0 Å². The third kappa shape index (κ3) is 2.82. The van der Waals surface area contributed by atoms with Crippen LogP contribution < -0.4 is 5.32 Å². The Hall–Kier alpha value is -2.94. The predicted molar refractivity (Wildman–Crippen MR) is 82.9 cm³/mol. The van der Waals surface area contributed by atoms with E-state index in [2.05, 4.69) is 5.32 Å². The SMILES string of the molecule is O=C1C=C(c2ccccc2C=Cc2ccccc2)C(=O)N1. The Kier molecular flexibility index (Phi) is 3.48. The first-order chi connectivity index (χ1) is 10.2. The van der Waals surface area contributed by atoms with Gasteiger partial charge in [0.05, 0.1) is 5.57 Å². The standard InChI is InChI=1S/C18H13NO2/c20-17-12-16(18(21)19-17)15-9-5-4-8-14(15)11-10-13-6-2-1-3-7-13/h1-12H,(H,19,20,21). The van der Waals surface area contributed by atoms with E-state index < -0.39 is 0 Å². The fourth-order valence-electron chi connectivity index (χ4n) is 2.25. The zero-order valence-electron chi connectivity index (χ0n) is 11.2. The second-order valence-electron chi connectivity index (χ2n) is 4.71. The van der Waals surface area contributed by atoms with Crippen molar-refractivity contribution in [3.8, 4) is 0 Å². The number of imide groups is 1. The van der Waals surface area contributed by atoms with Gasteiger partial charge in [-0.3, -0.25) is 14.9 Å². The highest BCUT2D eigenvalue weighted by Gasteiger charge is 2.23. The minimum absolute atomic E-state index is 0.347. The molecule has 2 aromatic carbocycles. The summed E-state index contributed by atoms with van der Waals surface area (Å²) in [4.78, 5) is 23.1. The molecule has 102 valence electrons. The first-order valence-electron chi connectivity index (χ1n) is 6.63. The predicted octanol–water partition coefficient (Wildman–Crippen LogP) is 2.90. The van der Waals surface area contributed by atoms with Crippen molar-refractivity contribution in [2.75, 3.05) is 0 Å². The number of carbonyl (C=O) groups is 2. The Labute approximate surface area is 122 Å². The molecule has 0 aromatic heterocycles. The minimum Gasteiger partial charge on any atom is -0.289 e.